The molecule has 0 aromatic carbocycles. The van der Waals surface area contributed by atoms with Crippen molar-refractivity contribution in [3.8, 4) is 0 Å². The van der Waals surface area contributed by atoms with Crippen LogP contribution < -0.4 is 0 Å². The van der Waals surface area contributed by atoms with E-state index in [4.69, 9.17) is 0 Å². The highest BCUT2D eigenvalue weighted by atomic mass is 16.3. The van der Waals surface area contributed by atoms with Crippen LogP contribution >= 0.6 is 0 Å². The molecule has 2 unspecified atom stereocenters. The fourth-order valence-corrected chi connectivity index (χ4v) is 4.30. The molecule has 3 rings (SSSR count). The van der Waals surface area contributed by atoms with Gasteiger partial charge in [0.15, 0.2) is 0 Å². The molecule has 3 fully saturated rings. The van der Waals surface area contributed by atoms with Crippen molar-refractivity contribution in [2.75, 3.05) is 39.3 Å². The molecule has 2 amide bonds. The first-order valence-electron chi connectivity index (χ1n) is 9.57. The third-order valence-corrected chi connectivity index (χ3v) is 5.90. The summed E-state index contributed by atoms with van der Waals surface area (Å²) >= 11 is 0. The Hall–Kier alpha value is -1.14. The molecule has 2 saturated heterocycles. The molecule has 1 aliphatic carbocycles. The van der Waals surface area contributed by atoms with Crippen LogP contribution in [0, 0.1) is 5.92 Å². The zero-order valence-electron chi connectivity index (χ0n) is 14.8. The monoisotopic (exact) mass is 337 g/mol. The Balaban J connectivity index is 1.48. The van der Waals surface area contributed by atoms with E-state index in [0.717, 1.165) is 32.4 Å². The lowest BCUT2D eigenvalue weighted by molar-refractivity contribution is -0.137. The van der Waals surface area contributed by atoms with Crippen LogP contribution in [0.3, 0.4) is 0 Å². The zero-order valence-corrected chi connectivity index (χ0v) is 14.8. The highest BCUT2D eigenvalue weighted by Crippen LogP contribution is 2.30. The molecule has 136 valence electrons. The van der Waals surface area contributed by atoms with Crippen molar-refractivity contribution in [3.63, 3.8) is 0 Å². The van der Waals surface area contributed by atoms with Crippen LogP contribution in [0.5, 0.6) is 0 Å². The van der Waals surface area contributed by atoms with E-state index < -0.39 is 0 Å². The Morgan fingerprint density at radius 3 is 2.50 bits per heavy atom. The van der Waals surface area contributed by atoms with E-state index in [9.17, 15) is 14.7 Å². The second kappa shape index (κ2) is 7.83. The molecule has 2 heterocycles. The Morgan fingerprint density at radius 2 is 1.88 bits per heavy atom. The summed E-state index contributed by atoms with van der Waals surface area (Å²) < 4.78 is 0. The van der Waals surface area contributed by atoms with Crippen molar-refractivity contribution < 1.29 is 14.7 Å². The molecular formula is C18H31N3O3. The van der Waals surface area contributed by atoms with Crippen molar-refractivity contribution in [3.05, 3.63) is 0 Å². The number of rotatable bonds is 5. The number of aliphatic hydroxyl groups excluding tert-OH is 1. The zero-order chi connectivity index (χ0) is 17.1. The molecule has 6 heteroatoms. The molecule has 6 nitrogen and oxygen atoms in total. The van der Waals surface area contributed by atoms with Crippen molar-refractivity contribution in [2.24, 2.45) is 5.92 Å². The molecule has 2 atom stereocenters. The van der Waals surface area contributed by atoms with Crippen LogP contribution in [0.25, 0.3) is 0 Å². The molecule has 0 radical (unpaired) electrons. The third kappa shape index (κ3) is 3.91. The van der Waals surface area contributed by atoms with Crippen molar-refractivity contribution >= 4 is 11.8 Å². The van der Waals surface area contributed by atoms with Crippen LogP contribution in [-0.4, -0.2) is 83.0 Å². The van der Waals surface area contributed by atoms with E-state index in [1.165, 1.54) is 12.8 Å². The van der Waals surface area contributed by atoms with Gasteiger partial charge in [0.2, 0.25) is 11.8 Å². The highest BCUT2D eigenvalue weighted by molar-refractivity contribution is 5.89. The third-order valence-electron chi connectivity index (χ3n) is 5.90. The van der Waals surface area contributed by atoms with E-state index in [2.05, 4.69) is 4.90 Å². The standard InChI is InChI=1S/C18H31N3O3/c1-2-16(22)13-19-7-9-20(10-8-19)18(24)14-11-17(23)21(12-14)15-5-3-4-6-15/h14-16,22H,2-13H2,1H3. The van der Waals surface area contributed by atoms with Gasteiger partial charge in [-0.05, 0) is 19.3 Å². The number of piperazine rings is 1. The van der Waals surface area contributed by atoms with Gasteiger partial charge in [0.25, 0.3) is 0 Å². The van der Waals surface area contributed by atoms with Crippen molar-refractivity contribution in [1.82, 2.24) is 14.7 Å². The topological polar surface area (TPSA) is 64.1 Å². The number of nitrogens with zero attached hydrogens (tertiary/aromatic N) is 3. The van der Waals surface area contributed by atoms with Crippen molar-refractivity contribution in [2.45, 2.75) is 57.6 Å². The smallest absolute Gasteiger partial charge is 0.228 e. The quantitative estimate of drug-likeness (QED) is 0.802. The van der Waals surface area contributed by atoms with E-state index in [0.29, 0.717) is 38.6 Å². The van der Waals surface area contributed by atoms with E-state index in [1.54, 1.807) is 0 Å². The normalized spacial score (nSPS) is 27.9. The number of β-amino-alcohol motifs (C(OH)–C–C–N with tert-alkyl or cyclic N) is 1. The van der Waals surface area contributed by atoms with E-state index >= 15 is 0 Å². The van der Waals surface area contributed by atoms with Gasteiger partial charge in [0, 0.05) is 51.7 Å². The summed E-state index contributed by atoms with van der Waals surface area (Å²) in [5, 5.41) is 9.75. The number of hydrogen-bond acceptors (Lipinski definition) is 4. The van der Waals surface area contributed by atoms with Crippen LogP contribution in [-0.2, 0) is 9.59 Å². The Bertz CT molecular complexity index is 456. The van der Waals surface area contributed by atoms with Gasteiger partial charge in [-0.25, -0.2) is 0 Å². The van der Waals surface area contributed by atoms with Crippen LogP contribution in [0.1, 0.15) is 45.4 Å². The molecule has 0 aromatic heterocycles. The maximum Gasteiger partial charge on any atom is 0.228 e. The van der Waals surface area contributed by atoms with Gasteiger partial charge in [0.05, 0.1) is 12.0 Å². The fraction of sp³-hybridized carbons (Fsp3) is 0.889. The second-order valence-electron chi connectivity index (χ2n) is 7.57. The van der Waals surface area contributed by atoms with Gasteiger partial charge in [-0.2, -0.15) is 0 Å². The minimum atomic E-state index is -0.278. The number of amides is 2. The lowest BCUT2D eigenvalue weighted by atomic mass is 10.1. The first-order chi connectivity index (χ1) is 11.6. The van der Waals surface area contributed by atoms with Gasteiger partial charge in [-0.1, -0.05) is 19.8 Å². The molecule has 3 aliphatic rings. The number of hydrogen-bond donors (Lipinski definition) is 1. The van der Waals surface area contributed by atoms with Crippen LogP contribution in [0.15, 0.2) is 0 Å². The van der Waals surface area contributed by atoms with Crippen LogP contribution in [0.4, 0.5) is 0 Å². The molecule has 0 bridgehead atoms. The summed E-state index contributed by atoms with van der Waals surface area (Å²) in [6, 6.07) is 0.377. The maximum atomic E-state index is 12.8. The van der Waals surface area contributed by atoms with Gasteiger partial charge in [0.1, 0.15) is 0 Å². The molecule has 0 aromatic rings. The highest BCUT2D eigenvalue weighted by Gasteiger charge is 2.40. The average Bonchev–Trinajstić information content (AvgIpc) is 3.24. The molecule has 1 saturated carbocycles. The number of carbonyl (C=O) groups excluding carboxylic acids is 2. The minimum absolute atomic E-state index is 0.147. The van der Waals surface area contributed by atoms with Gasteiger partial charge < -0.3 is 14.9 Å². The summed E-state index contributed by atoms with van der Waals surface area (Å²) in [5.41, 5.74) is 0. The first kappa shape index (κ1) is 17.7. The average molecular weight is 337 g/mol. The molecule has 0 spiro atoms. The van der Waals surface area contributed by atoms with Gasteiger partial charge >= 0.3 is 0 Å². The Morgan fingerprint density at radius 1 is 1.21 bits per heavy atom. The number of likely N-dealkylation sites (tertiary alicyclic amines) is 1. The summed E-state index contributed by atoms with van der Waals surface area (Å²) in [4.78, 5) is 31.2. The fourth-order valence-electron chi connectivity index (χ4n) is 4.30. The number of carbonyl (C=O) groups is 2. The van der Waals surface area contributed by atoms with E-state index in [1.807, 2.05) is 16.7 Å². The molecular weight excluding hydrogens is 306 g/mol. The molecule has 2 aliphatic heterocycles. The predicted octanol–water partition coefficient (Wildman–Crippen LogP) is 0.693. The number of aliphatic hydroxyl groups is 1. The summed E-state index contributed by atoms with van der Waals surface area (Å²) in [6.45, 7) is 6.35. The predicted molar refractivity (Wildman–Crippen MR) is 91.4 cm³/mol. The van der Waals surface area contributed by atoms with E-state index in [-0.39, 0.29) is 23.8 Å². The summed E-state index contributed by atoms with van der Waals surface area (Å²) in [5.74, 6) is 0.176. The lowest BCUT2D eigenvalue weighted by Crippen LogP contribution is -2.52. The lowest BCUT2D eigenvalue weighted by Gasteiger charge is -2.36. The minimum Gasteiger partial charge on any atom is -0.392 e. The molecule has 1 N–H and O–H groups in total. The second-order valence-corrected chi connectivity index (χ2v) is 7.57. The Labute approximate surface area is 144 Å². The molecule has 24 heavy (non-hydrogen) atoms. The maximum absolute atomic E-state index is 12.8. The van der Waals surface area contributed by atoms with Crippen LogP contribution in [0.2, 0.25) is 0 Å². The van der Waals surface area contributed by atoms with Crippen molar-refractivity contribution in [1.29, 1.82) is 0 Å². The van der Waals surface area contributed by atoms with Gasteiger partial charge in [-0.3, -0.25) is 14.5 Å². The Kier molecular flexibility index (Phi) is 5.76. The van der Waals surface area contributed by atoms with Gasteiger partial charge in [-0.15, -0.1) is 0 Å². The first-order valence-corrected chi connectivity index (χ1v) is 9.57. The summed E-state index contributed by atoms with van der Waals surface area (Å²) in [7, 11) is 0. The SMILES string of the molecule is CCC(O)CN1CCN(C(=O)C2CC(=O)N(C3CCCC3)C2)CC1. The largest absolute Gasteiger partial charge is 0.392 e. The summed E-state index contributed by atoms with van der Waals surface area (Å²) in [6.07, 6.45) is 5.50.